The van der Waals surface area contributed by atoms with Crippen LogP contribution in [-0.2, 0) is 21.4 Å². The lowest BCUT2D eigenvalue weighted by Crippen LogP contribution is -2.56. The molecule has 1 aromatic carbocycles. The van der Waals surface area contributed by atoms with Crippen molar-refractivity contribution in [1.29, 1.82) is 0 Å². The van der Waals surface area contributed by atoms with Gasteiger partial charge in [0.15, 0.2) is 0 Å². The summed E-state index contributed by atoms with van der Waals surface area (Å²) in [5, 5.41) is 0.150. The number of terminal acetylenes is 1. The number of benzene rings is 1. The molecule has 10 heteroatoms. The molecule has 0 unspecified atom stereocenters. The fourth-order valence-corrected chi connectivity index (χ4v) is 5.66. The molecule has 3 fully saturated rings. The van der Waals surface area contributed by atoms with Gasteiger partial charge in [0.1, 0.15) is 0 Å². The number of rotatable bonds is 7. The fourth-order valence-electron chi connectivity index (χ4n) is 4.24. The van der Waals surface area contributed by atoms with Gasteiger partial charge in [-0.15, -0.1) is 6.42 Å². The second-order valence-corrected chi connectivity index (χ2v) is 10.8. The zero-order valence-corrected chi connectivity index (χ0v) is 18.8. The van der Waals surface area contributed by atoms with E-state index in [0.29, 0.717) is 30.8 Å². The molecular formula is C23H24N4O5S. The van der Waals surface area contributed by atoms with E-state index in [4.69, 9.17) is 6.42 Å². The Kier molecular flexibility index (Phi) is 4.88. The molecule has 2 heterocycles. The number of likely N-dealkylation sites (tertiary alicyclic amines) is 1. The molecule has 3 aliphatic rings. The predicted molar refractivity (Wildman–Crippen MR) is 122 cm³/mol. The van der Waals surface area contributed by atoms with E-state index in [-0.39, 0.29) is 29.3 Å². The molecule has 1 N–H and O–H groups in total. The zero-order chi connectivity index (χ0) is 23.5. The van der Waals surface area contributed by atoms with Crippen molar-refractivity contribution in [2.45, 2.75) is 48.7 Å². The van der Waals surface area contributed by atoms with Crippen molar-refractivity contribution in [1.82, 2.24) is 18.8 Å². The Balaban J connectivity index is 1.61. The SMILES string of the molecule is C#CC1(NS(=O)(=O)c2ccc3c(c2)c(=O)n(C2CN(C(=O)C=C)C2)c(=O)n3CC2CC2)CC1. The van der Waals surface area contributed by atoms with Gasteiger partial charge in [-0.1, -0.05) is 12.5 Å². The van der Waals surface area contributed by atoms with E-state index in [9.17, 15) is 22.8 Å². The van der Waals surface area contributed by atoms with Crippen LogP contribution in [0.1, 0.15) is 31.7 Å². The second-order valence-electron chi connectivity index (χ2n) is 9.12. The van der Waals surface area contributed by atoms with Crippen LogP contribution in [-0.4, -0.2) is 47.0 Å². The minimum Gasteiger partial charge on any atom is -0.335 e. The van der Waals surface area contributed by atoms with E-state index in [0.717, 1.165) is 17.4 Å². The van der Waals surface area contributed by atoms with Crippen molar-refractivity contribution in [3.8, 4) is 12.3 Å². The molecule has 5 rings (SSSR count). The standard InChI is InChI=1S/C23H24N4O5S/c1-3-20(28)25-13-16(14-25)27-21(29)18-11-17(33(31,32)24-23(4-2)9-10-23)7-8-19(18)26(22(27)30)12-15-5-6-15/h2-3,7-8,11,15-16,24H,1,5-6,9-10,12-14H2. The molecule has 1 aliphatic heterocycles. The number of aromatic nitrogens is 2. The number of fused-ring (bicyclic) bond motifs is 1. The maximum atomic E-state index is 13.4. The van der Waals surface area contributed by atoms with Gasteiger partial charge in [0.05, 0.1) is 27.4 Å². The quantitative estimate of drug-likeness (QED) is 0.472. The van der Waals surface area contributed by atoms with Crippen molar-refractivity contribution in [3.63, 3.8) is 0 Å². The second kappa shape index (κ2) is 7.43. The summed E-state index contributed by atoms with van der Waals surface area (Å²) in [5.41, 5.74) is -1.46. The lowest BCUT2D eigenvalue weighted by Gasteiger charge is -2.39. The van der Waals surface area contributed by atoms with Crippen LogP contribution >= 0.6 is 0 Å². The average molecular weight is 469 g/mol. The van der Waals surface area contributed by atoms with Gasteiger partial charge in [-0.05, 0) is 55.9 Å². The Bertz CT molecular complexity index is 1450. The van der Waals surface area contributed by atoms with Crippen LogP contribution in [0.25, 0.3) is 10.9 Å². The van der Waals surface area contributed by atoms with Gasteiger partial charge in [0, 0.05) is 19.6 Å². The highest BCUT2D eigenvalue weighted by Gasteiger charge is 2.44. The number of carbonyl (C=O) groups excluding carboxylic acids is 1. The number of nitrogens with one attached hydrogen (secondary N) is 1. The third-order valence-electron chi connectivity index (χ3n) is 6.66. The van der Waals surface area contributed by atoms with Crippen molar-refractivity contribution in [3.05, 3.63) is 51.7 Å². The summed E-state index contributed by atoms with van der Waals surface area (Å²) >= 11 is 0. The van der Waals surface area contributed by atoms with Gasteiger partial charge in [0.2, 0.25) is 15.9 Å². The highest BCUT2D eigenvalue weighted by atomic mass is 32.2. The van der Waals surface area contributed by atoms with Crippen molar-refractivity contribution < 1.29 is 13.2 Å². The smallest absolute Gasteiger partial charge is 0.331 e. The maximum absolute atomic E-state index is 13.4. The molecule has 1 saturated heterocycles. The zero-order valence-electron chi connectivity index (χ0n) is 18.0. The van der Waals surface area contributed by atoms with E-state index in [1.54, 1.807) is 4.57 Å². The molecule has 0 atom stereocenters. The summed E-state index contributed by atoms with van der Waals surface area (Å²) in [6, 6.07) is 3.76. The summed E-state index contributed by atoms with van der Waals surface area (Å²) in [6.07, 6.45) is 9.79. The van der Waals surface area contributed by atoms with Crippen LogP contribution in [0.2, 0.25) is 0 Å². The Morgan fingerprint density at radius 2 is 1.97 bits per heavy atom. The summed E-state index contributed by atoms with van der Waals surface area (Å²) in [5.74, 6) is 2.58. The number of sulfonamides is 1. The third kappa shape index (κ3) is 3.71. The van der Waals surface area contributed by atoms with Gasteiger partial charge >= 0.3 is 5.69 Å². The summed E-state index contributed by atoms with van der Waals surface area (Å²) < 4.78 is 31.1. The van der Waals surface area contributed by atoms with Gasteiger partial charge in [-0.2, -0.15) is 4.72 Å². The largest absolute Gasteiger partial charge is 0.335 e. The van der Waals surface area contributed by atoms with E-state index in [2.05, 4.69) is 17.2 Å². The number of nitrogens with zero attached hydrogens (tertiary/aromatic N) is 3. The molecule has 33 heavy (non-hydrogen) atoms. The molecule has 2 aliphatic carbocycles. The molecule has 9 nitrogen and oxygen atoms in total. The first-order chi connectivity index (χ1) is 15.7. The molecule has 1 amide bonds. The molecule has 172 valence electrons. The highest BCUT2D eigenvalue weighted by molar-refractivity contribution is 7.89. The minimum atomic E-state index is -3.95. The number of hydrogen-bond donors (Lipinski definition) is 1. The summed E-state index contributed by atoms with van der Waals surface area (Å²) in [6.45, 7) is 4.36. The van der Waals surface area contributed by atoms with Crippen molar-refractivity contribution in [2.75, 3.05) is 13.1 Å². The molecule has 2 saturated carbocycles. The van der Waals surface area contributed by atoms with Crippen LogP contribution in [0.15, 0.2) is 45.3 Å². The van der Waals surface area contributed by atoms with E-state index < -0.39 is 32.9 Å². The Hall–Kier alpha value is -3.16. The van der Waals surface area contributed by atoms with Crippen LogP contribution < -0.4 is 16.0 Å². The Morgan fingerprint density at radius 1 is 1.27 bits per heavy atom. The molecule has 0 radical (unpaired) electrons. The lowest BCUT2D eigenvalue weighted by atomic mass is 10.1. The number of hydrogen-bond acceptors (Lipinski definition) is 5. The monoisotopic (exact) mass is 468 g/mol. The van der Waals surface area contributed by atoms with Crippen LogP contribution in [0.5, 0.6) is 0 Å². The highest BCUT2D eigenvalue weighted by Crippen LogP contribution is 2.36. The Morgan fingerprint density at radius 3 is 2.55 bits per heavy atom. The molecule has 1 aromatic heterocycles. The average Bonchev–Trinajstić information content (AvgIpc) is 3.69. The first kappa shape index (κ1) is 21.7. The molecule has 0 bridgehead atoms. The van der Waals surface area contributed by atoms with Crippen molar-refractivity contribution in [2.24, 2.45) is 5.92 Å². The third-order valence-corrected chi connectivity index (χ3v) is 8.20. The number of amides is 1. The number of carbonyl (C=O) groups is 1. The first-order valence-electron chi connectivity index (χ1n) is 10.9. The molecule has 0 spiro atoms. The van der Waals surface area contributed by atoms with Gasteiger partial charge < -0.3 is 4.90 Å². The first-order valence-corrected chi connectivity index (χ1v) is 12.4. The lowest BCUT2D eigenvalue weighted by molar-refractivity contribution is -0.131. The van der Waals surface area contributed by atoms with Crippen LogP contribution in [0.3, 0.4) is 0 Å². The topological polar surface area (TPSA) is 110 Å². The fraction of sp³-hybridized carbons (Fsp3) is 0.435. The normalized spacial score (nSPS) is 19.7. The van der Waals surface area contributed by atoms with Gasteiger partial charge in [0.25, 0.3) is 5.56 Å². The Labute approximate surface area is 190 Å². The predicted octanol–water partition coefficient (Wildman–Crippen LogP) is 0.587. The minimum absolute atomic E-state index is 0.0751. The van der Waals surface area contributed by atoms with Crippen LogP contribution in [0, 0.1) is 18.3 Å². The summed E-state index contributed by atoms with van der Waals surface area (Å²) in [7, 11) is -3.95. The van der Waals surface area contributed by atoms with Gasteiger partial charge in [-0.25, -0.2) is 13.2 Å². The summed E-state index contributed by atoms with van der Waals surface area (Å²) in [4.78, 5) is 40.0. The molecular weight excluding hydrogens is 444 g/mol. The van der Waals surface area contributed by atoms with Crippen molar-refractivity contribution >= 4 is 26.8 Å². The van der Waals surface area contributed by atoms with E-state index in [1.807, 2.05) is 0 Å². The van der Waals surface area contributed by atoms with E-state index >= 15 is 0 Å². The van der Waals surface area contributed by atoms with E-state index in [1.165, 1.54) is 29.2 Å². The maximum Gasteiger partial charge on any atom is 0.331 e. The molecule has 2 aromatic rings. The van der Waals surface area contributed by atoms with Crippen LogP contribution in [0.4, 0.5) is 0 Å². The van der Waals surface area contributed by atoms with Gasteiger partial charge in [-0.3, -0.25) is 18.7 Å².